The third-order valence-electron chi connectivity index (χ3n) is 2.14. The maximum Gasteiger partial charge on any atom is 0.178 e. The van der Waals surface area contributed by atoms with E-state index in [4.69, 9.17) is 5.73 Å². The zero-order chi connectivity index (χ0) is 8.84. The quantitative estimate of drug-likeness (QED) is 0.620. The Morgan fingerprint density at radius 3 is 3.23 bits per heavy atom. The molecule has 0 aromatic heterocycles. The van der Waals surface area contributed by atoms with E-state index >= 15 is 0 Å². The first-order valence-electron chi connectivity index (χ1n) is 3.97. The largest absolute Gasteiger partial charge is 0.300 e. The molecule has 0 amide bonds. The van der Waals surface area contributed by atoms with E-state index in [0.29, 0.717) is 5.82 Å². The van der Waals surface area contributed by atoms with Gasteiger partial charge in [-0.25, -0.2) is 9.97 Å². The summed E-state index contributed by atoms with van der Waals surface area (Å²) in [4.78, 5) is 12.3. The molecule has 0 saturated carbocycles. The van der Waals surface area contributed by atoms with Crippen LogP contribution in [0.3, 0.4) is 0 Å². The minimum atomic E-state index is -0.329. The van der Waals surface area contributed by atoms with Gasteiger partial charge in [0.05, 0.1) is 23.8 Å². The second kappa shape index (κ2) is 2.14. The van der Waals surface area contributed by atoms with Gasteiger partial charge in [-0.1, -0.05) is 0 Å². The molecule has 0 bridgehead atoms. The van der Waals surface area contributed by atoms with Crippen LogP contribution in [0.2, 0.25) is 0 Å². The molecule has 0 spiro atoms. The van der Waals surface area contributed by atoms with Crippen LogP contribution in [0.15, 0.2) is 23.5 Å². The van der Waals surface area contributed by atoms with Crippen molar-refractivity contribution in [2.75, 3.05) is 0 Å². The molecule has 64 valence electrons. The molecule has 5 nitrogen and oxygen atoms in total. The van der Waals surface area contributed by atoms with Crippen molar-refractivity contribution in [2.24, 2.45) is 10.7 Å². The van der Waals surface area contributed by atoms with Crippen molar-refractivity contribution < 1.29 is 0 Å². The van der Waals surface area contributed by atoms with Crippen molar-refractivity contribution in [1.82, 2.24) is 14.5 Å². The average molecular weight is 173 g/mol. The molecular formula is C8H7N5. The third kappa shape index (κ3) is 0.762. The molecule has 13 heavy (non-hydrogen) atoms. The number of nitrogens with zero attached hydrogens (tertiary/aromatic N) is 4. The molecule has 3 heterocycles. The first-order valence-corrected chi connectivity index (χ1v) is 3.97. The van der Waals surface area contributed by atoms with Crippen LogP contribution in [0.4, 0.5) is 0 Å². The lowest BCUT2D eigenvalue weighted by atomic mass is 10.3. The summed E-state index contributed by atoms with van der Waals surface area (Å²) in [7, 11) is 0. The molecule has 0 fully saturated rings. The van der Waals surface area contributed by atoms with E-state index in [1.807, 2.05) is 10.6 Å². The number of fused-ring (bicyclic) bond motifs is 3. The highest BCUT2D eigenvalue weighted by molar-refractivity contribution is 5.80. The molecule has 2 N–H and O–H groups in total. The van der Waals surface area contributed by atoms with Crippen molar-refractivity contribution in [3.05, 3.63) is 24.2 Å². The van der Waals surface area contributed by atoms with Gasteiger partial charge in [-0.2, -0.15) is 0 Å². The van der Waals surface area contributed by atoms with Gasteiger partial charge in [-0.3, -0.25) is 15.3 Å². The van der Waals surface area contributed by atoms with Crippen molar-refractivity contribution in [1.29, 1.82) is 0 Å². The SMILES string of the molecule is NC1N=Cc2cnc3nccc-3n21. The van der Waals surface area contributed by atoms with Crippen LogP contribution in [0.1, 0.15) is 12.0 Å². The molecule has 0 radical (unpaired) electrons. The minimum Gasteiger partial charge on any atom is -0.300 e. The topological polar surface area (TPSA) is 69.1 Å². The summed E-state index contributed by atoms with van der Waals surface area (Å²) in [5.74, 6) is 0.713. The summed E-state index contributed by atoms with van der Waals surface area (Å²) >= 11 is 0. The maximum absolute atomic E-state index is 5.78. The number of aromatic nitrogens is 3. The molecule has 5 heteroatoms. The molecule has 3 rings (SSSR count). The Kier molecular flexibility index (Phi) is 1.11. The van der Waals surface area contributed by atoms with Crippen molar-refractivity contribution >= 4 is 6.21 Å². The molecule has 0 saturated heterocycles. The van der Waals surface area contributed by atoms with Gasteiger partial charge in [0.15, 0.2) is 12.1 Å². The summed E-state index contributed by atoms with van der Waals surface area (Å²) < 4.78 is 1.91. The molecule has 0 aromatic carbocycles. The Labute approximate surface area is 74.3 Å². The number of hydrogen-bond donors (Lipinski definition) is 1. The summed E-state index contributed by atoms with van der Waals surface area (Å²) in [5.41, 5.74) is 7.64. The summed E-state index contributed by atoms with van der Waals surface area (Å²) in [5, 5.41) is 0. The fraction of sp³-hybridized carbons (Fsp3) is 0.125. The molecule has 3 aliphatic rings. The highest BCUT2D eigenvalue weighted by Crippen LogP contribution is 2.24. The van der Waals surface area contributed by atoms with Gasteiger partial charge >= 0.3 is 0 Å². The zero-order valence-electron chi connectivity index (χ0n) is 6.75. The monoisotopic (exact) mass is 173 g/mol. The van der Waals surface area contributed by atoms with Crippen LogP contribution in [0.25, 0.3) is 11.5 Å². The van der Waals surface area contributed by atoms with Crippen LogP contribution in [0.5, 0.6) is 0 Å². The van der Waals surface area contributed by atoms with E-state index < -0.39 is 0 Å². The Bertz CT molecular complexity index is 458. The minimum absolute atomic E-state index is 0.329. The van der Waals surface area contributed by atoms with E-state index in [-0.39, 0.29) is 6.29 Å². The Morgan fingerprint density at radius 2 is 2.31 bits per heavy atom. The van der Waals surface area contributed by atoms with Gasteiger partial charge in [-0.05, 0) is 6.07 Å². The van der Waals surface area contributed by atoms with Crippen molar-refractivity contribution in [3.63, 3.8) is 0 Å². The second-order valence-electron chi connectivity index (χ2n) is 2.90. The van der Waals surface area contributed by atoms with Gasteiger partial charge < -0.3 is 0 Å². The highest BCUT2D eigenvalue weighted by atomic mass is 15.3. The van der Waals surface area contributed by atoms with E-state index in [1.165, 1.54) is 0 Å². The fourth-order valence-electron chi connectivity index (χ4n) is 1.55. The predicted molar refractivity (Wildman–Crippen MR) is 47.5 cm³/mol. The molecule has 0 aliphatic carbocycles. The molecule has 3 aliphatic heterocycles. The van der Waals surface area contributed by atoms with Crippen LogP contribution < -0.4 is 5.73 Å². The summed E-state index contributed by atoms with van der Waals surface area (Å²) in [6, 6.07) is 1.89. The van der Waals surface area contributed by atoms with Gasteiger partial charge in [0, 0.05) is 6.20 Å². The lowest BCUT2D eigenvalue weighted by molar-refractivity contribution is 0.567. The maximum atomic E-state index is 5.78. The average Bonchev–Trinajstić information content (AvgIpc) is 2.70. The molecule has 1 unspecified atom stereocenters. The Balaban J connectivity index is 2.39. The number of rotatable bonds is 0. The lowest BCUT2D eigenvalue weighted by Crippen LogP contribution is -2.17. The normalized spacial score (nSPS) is 19.6. The summed E-state index contributed by atoms with van der Waals surface area (Å²) in [6.45, 7) is 0. The number of aliphatic imine (C=N–C) groups is 1. The third-order valence-corrected chi connectivity index (χ3v) is 2.14. The van der Waals surface area contributed by atoms with Crippen molar-refractivity contribution in [2.45, 2.75) is 6.29 Å². The fourth-order valence-corrected chi connectivity index (χ4v) is 1.55. The molecule has 1 atom stereocenters. The van der Waals surface area contributed by atoms with Gasteiger partial charge in [0.2, 0.25) is 0 Å². The van der Waals surface area contributed by atoms with Crippen molar-refractivity contribution in [3.8, 4) is 11.5 Å². The van der Waals surface area contributed by atoms with Gasteiger partial charge in [0.25, 0.3) is 0 Å². The standard InChI is InChI=1S/C8H7N5/c9-8-12-4-5-3-11-7-6(13(5)8)1-2-10-7/h1-4,8H,9H2. The van der Waals surface area contributed by atoms with E-state index in [0.717, 1.165) is 11.4 Å². The van der Waals surface area contributed by atoms with Crippen LogP contribution in [-0.4, -0.2) is 20.7 Å². The zero-order valence-corrected chi connectivity index (χ0v) is 6.75. The Morgan fingerprint density at radius 1 is 1.38 bits per heavy atom. The van der Waals surface area contributed by atoms with Gasteiger partial charge in [0.1, 0.15) is 0 Å². The van der Waals surface area contributed by atoms with E-state index in [2.05, 4.69) is 15.0 Å². The van der Waals surface area contributed by atoms with Crippen LogP contribution >= 0.6 is 0 Å². The van der Waals surface area contributed by atoms with Crippen LogP contribution in [-0.2, 0) is 0 Å². The smallest absolute Gasteiger partial charge is 0.178 e. The molecule has 0 aromatic rings. The molecular weight excluding hydrogens is 166 g/mol. The van der Waals surface area contributed by atoms with Gasteiger partial charge in [-0.15, -0.1) is 0 Å². The second-order valence-corrected chi connectivity index (χ2v) is 2.90. The predicted octanol–water partition coefficient (Wildman–Crippen LogP) is 0.230. The lowest BCUT2D eigenvalue weighted by Gasteiger charge is -2.12. The van der Waals surface area contributed by atoms with E-state index in [9.17, 15) is 0 Å². The van der Waals surface area contributed by atoms with Crippen LogP contribution in [0, 0.1) is 0 Å². The van der Waals surface area contributed by atoms with E-state index in [1.54, 1.807) is 18.6 Å². The number of hydrogen-bond acceptors (Lipinski definition) is 4. The Hall–Kier alpha value is -1.75. The number of nitrogens with two attached hydrogens (primary N) is 1. The first kappa shape index (κ1) is 6.73. The summed E-state index contributed by atoms with van der Waals surface area (Å²) in [6.07, 6.45) is 4.84. The highest BCUT2D eigenvalue weighted by Gasteiger charge is 2.19. The first-order chi connectivity index (χ1) is 6.36.